The van der Waals surface area contributed by atoms with Crippen molar-refractivity contribution in [1.82, 2.24) is 14.6 Å². The molecule has 0 atom stereocenters. The maximum atomic E-state index is 12.6. The van der Waals surface area contributed by atoms with Gasteiger partial charge in [-0.15, -0.1) is 10.2 Å². The first-order valence-electron chi connectivity index (χ1n) is 3.27. The Kier molecular flexibility index (Phi) is 1.36. The first-order chi connectivity index (χ1) is 5.81. The third kappa shape index (κ3) is 0.868. The molecule has 5 heteroatoms. The van der Waals surface area contributed by atoms with Gasteiger partial charge in [0.2, 0.25) is 5.82 Å². The highest BCUT2D eigenvalue weighted by Crippen LogP contribution is 2.04. The molecule has 0 aliphatic carbocycles. The quantitative estimate of drug-likeness (QED) is 0.584. The maximum Gasteiger partial charge on any atom is 0.201 e. The SMILES string of the molecule is O=Cc1nnc2cc(F)ccn12. The molecule has 2 aromatic rings. The molecule has 2 rings (SSSR count). The number of carbonyl (C=O) groups excluding carboxylic acids is 1. The molecule has 0 radical (unpaired) electrons. The molecule has 0 bridgehead atoms. The maximum absolute atomic E-state index is 12.6. The minimum Gasteiger partial charge on any atom is -0.294 e. The fraction of sp³-hybridized carbons (Fsp3) is 0. The van der Waals surface area contributed by atoms with Crippen LogP contribution in [-0.4, -0.2) is 20.9 Å². The number of fused-ring (bicyclic) bond motifs is 1. The molecule has 2 aromatic heterocycles. The lowest BCUT2D eigenvalue weighted by Crippen LogP contribution is -1.91. The molecule has 60 valence electrons. The summed E-state index contributed by atoms with van der Waals surface area (Å²) in [6.07, 6.45) is 1.98. The highest BCUT2D eigenvalue weighted by molar-refractivity contribution is 5.70. The lowest BCUT2D eigenvalue weighted by molar-refractivity contribution is 0.111. The first kappa shape index (κ1) is 6.90. The Morgan fingerprint density at radius 3 is 3.08 bits per heavy atom. The zero-order valence-corrected chi connectivity index (χ0v) is 5.94. The predicted molar refractivity (Wildman–Crippen MR) is 38.3 cm³/mol. The Balaban J connectivity index is 2.81. The third-order valence-electron chi connectivity index (χ3n) is 1.50. The van der Waals surface area contributed by atoms with E-state index >= 15 is 0 Å². The predicted octanol–water partition coefficient (Wildman–Crippen LogP) is 0.681. The van der Waals surface area contributed by atoms with Gasteiger partial charge in [-0.2, -0.15) is 0 Å². The number of aromatic nitrogens is 3. The van der Waals surface area contributed by atoms with Gasteiger partial charge >= 0.3 is 0 Å². The van der Waals surface area contributed by atoms with E-state index < -0.39 is 5.82 Å². The van der Waals surface area contributed by atoms with Gasteiger partial charge in [0.15, 0.2) is 11.9 Å². The van der Waals surface area contributed by atoms with Crippen molar-refractivity contribution in [3.8, 4) is 0 Å². The molecular weight excluding hydrogens is 161 g/mol. The van der Waals surface area contributed by atoms with Crippen molar-refractivity contribution in [3.05, 3.63) is 30.0 Å². The van der Waals surface area contributed by atoms with Gasteiger partial charge in [-0.05, 0) is 6.07 Å². The Bertz CT molecular complexity index is 437. The van der Waals surface area contributed by atoms with Crippen LogP contribution in [0.25, 0.3) is 5.65 Å². The minimum absolute atomic E-state index is 0.171. The van der Waals surface area contributed by atoms with Crippen LogP contribution < -0.4 is 0 Å². The van der Waals surface area contributed by atoms with E-state index in [0.717, 1.165) is 0 Å². The number of pyridine rings is 1. The molecule has 0 fully saturated rings. The van der Waals surface area contributed by atoms with Crippen LogP contribution in [0, 0.1) is 5.82 Å². The summed E-state index contributed by atoms with van der Waals surface area (Å²) in [4.78, 5) is 10.3. The number of carbonyl (C=O) groups is 1. The Morgan fingerprint density at radius 2 is 2.33 bits per heavy atom. The highest BCUT2D eigenvalue weighted by atomic mass is 19.1. The average molecular weight is 165 g/mol. The van der Waals surface area contributed by atoms with Crippen LogP contribution in [0.5, 0.6) is 0 Å². The zero-order chi connectivity index (χ0) is 8.55. The Hall–Kier alpha value is -1.78. The van der Waals surface area contributed by atoms with Gasteiger partial charge in [-0.1, -0.05) is 0 Å². The lowest BCUT2D eigenvalue weighted by Gasteiger charge is -1.91. The Labute approximate surface area is 66.6 Å². The van der Waals surface area contributed by atoms with Gasteiger partial charge in [-0.3, -0.25) is 9.20 Å². The highest BCUT2D eigenvalue weighted by Gasteiger charge is 2.03. The van der Waals surface area contributed by atoms with Crippen molar-refractivity contribution in [2.75, 3.05) is 0 Å². The van der Waals surface area contributed by atoms with E-state index in [2.05, 4.69) is 10.2 Å². The molecule has 0 spiro atoms. The van der Waals surface area contributed by atoms with Gasteiger partial charge < -0.3 is 0 Å². The molecule has 2 heterocycles. The van der Waals surface area contributed by atoms with Crippen LogP contribution in [0.15, 0.2) is 18.3 Å². The Morgan fingerprint density at radius 1 is 1.50 bits per heavy atom. The molecule has 0 amide bonds. The largest absolute Gasteiger partial charge is 0.294 e. The second kappa shape index (κ2) is 2.37. The monoisotopic (exact) mass is 165 g/mol. The first-order valence-corrected chi connectivity index (χ1v) is 3.27. The molecule has 0 saturated carbocycles. The van der Waals surface area contributed by atoms with E-state index in [1.807, 2.05) is 0 Å². The van der Waals surface area contributed by atoms with Gasteiger partial charge in [-0.25, -0.2) is 4.39 Å². The van der Waals surface area contributed by atoms with E-state index in [9.17, 15) is 9.18 Å². The number of rotatable bonds is 1. The smallest absolute Gasteiger partial charge is 0.201 e. The van der Waals surface area contributed by atoms with Crippen molar-refractivity contribution in [3.63, 3.8) is 0 Å². The van der Waals surface area contributed by atoms with Crippen LogP contribution >= 0.6 is 0 Å². The number of hydrogen-bond donors (Lipinski definition) is 0. The molecule has 0 aliphatic rings. The minimum atomic E-state index is -0.396. The van der Waals surface area contributed by atoms with Crippen LogP contribution in [0.3, 0.4) is 0 Å². The molecule has 0 N–H and O–H groups in total. The van der Waals surface area contributed by atoms with Crippen LogP contribution in [-0.2, 0) is 0 Å². The summed E-state index contributed by atoms with van der Waals surface area (Å²) in [5.74, 6) is -0.225. The number of nitrogens with zero attached hydrogens (tertiary/aromatic N) is 3. The van der Waals surface area contributed by atoms with Gasteiger partial charge in [0.05, 0.1) is 0 Å². The van der Waals surface area contributed by atoms with E-state index in [4.69, 9.17) is 0 Å². The van der Waals surface area contributed by atoms with Gasteiger partial charge in [0.25, 0.3) is 0 Å². The molecular formula is C7H4FN3O. The molecule has 12 heavy (non-hydrogen) atoms. The van der Waals surface area contributed by atoms with Gasteiger partial charge in [0.1, 0.15) is 5.82 Å². The zero-order valence-electron chi connectivity index (χ0n) is 5.94. The normalized spacial score (nSPS) is 10.4. The summed E-state index contributed by atoms with van der Waals surface area (Å²) in [6.45, 7) is 0. The van der Waals surface area contributed by atoms with E-state index in [1.165, 1.54) is 22.7 Å². The number of hydrogen-bond acceptors (Lipinski definition) is 3. The third-order valence-corrected chi connectivity index (χ3v) is 1.50. The topological polar surface area (TPSA) is 47.3 Å². The summed E-state index contributed by atoms with van der Waals surface area (Å²) in [6, 6.07) is 2.45. The fourth-order valence-corrected chi connectivity index (χ4v) is 0.965. The molecule has 0 saturated heterocycles. The summed E-state index contributed by atoms with van der Waals surface area (Å²) < 4.78 is 14.0. The van der Waals surface area contributed by atoms with E-state index in [0.29, 0.717) is 11.9 Å². The lowest BCUT2D eigenvalue weighted by atomic mass is 10.4. The standard InChI is InChI=1S/C7H4FN3O/c8-5-1-2-11-6(3-5)9-10-7(11)4-12/h1-4H. The van der Waals surface area contributed by atoms with Crippen molar-refractivity contribution in [1.29, 1.82) is 0 Å². The number of halogens is 1. The molecule has 0 unspecified atom stereocenters. The second-order valence-electron chi connectivity index (χ2n) is 2.25. The van der Waals surface area contributed by atoms with Crippen LogP contribution in [0.4, 0.5) is 4.39 Å². The fourth-order valence-electron chi connectivity index (χ4n) is 0.965. The van der Waals surface area contributed by atoms with Crippen molar-refractivity contribution in [2.24, 2.45) is 0 Å². The summed E-state index contributed by atoms with van der Waals surface area (Å²) >= 11 is 0. The van der Waals surface area contributed by atoms with Crippen molar-refractivity contribution >= 4 is 11.9 Å². The molecule has 0 aromatic carbocycles. The van der Waals surface area contributed by atoms with E-state index in [-0.39, 0.29) is 5.82 Å². The second-order valence-corrected chi connectivity index (χ2v) is 2.25. The van der Waals surface area contributed by atoms with Crippen LogP contribution in [0.1, 0.15) is 10.6 Å². The van der Waals surface area contributed by atoms with E-state index in [1.54, 1.807) is 0 Å². The summed E-state index contributed by atoms with van der Waals surface area (Å²) in [5, 5.41) is 7.13. The summed E-state index contributed by atoms with van der Waals surface area (Å²) in [5.41, 5.74) is 0.331. The molecule has 0 aliphatic heterocycles. The average Bonchev–Trinajstić information content (AvgIpc) is 2.46. The summed E-state index contributed by atoms with van der Waals surface area (Å²) in [7, 11) is 0. The molecule has 4 nitrogen and oxygen atoms in total. The number of aldehydes is 1. The van der Waals surface area contributed by atoms with Gasteiger partial charge in [0, 0.05) is 12.3 Å². The van der Waals surface area contributed by atoms with Crippen molar-refractivity contribution in [2.45, 2.75) is 0 Å². The van der Waals surface area contributed by atoms with Crippen LogP contribution in [0.2, 0.25) is 0 Å². The van der Waals surface area contributed by atoms with Crippen molar-refractivity contribution < 1.29 is 9.18 Å².